The highest BCUT2D eigenvalue weighted by Crippen LogP contribution is 2.30. The highest BCUT2D eigenvalue weighted by Gasteiger charge is 2.21. The minimum atomic E-state index is -0.0192. The van der Waals surface area contributed by atoms with Gasteiger partial charge in [-0.3, -0.25) is 4.79 Å². The first-order valence-electron chi connectivity index (χ1n) is 8.41. The van der Waals surface area contributed by atoms with Gasteiger partial charge in [-0.2, -0.15) is 0 Å². The van der Waals surface area contributed by atoms with Gasteiger partial charge in [0.2, 0.25) is 0 Å². The zero-order chi connectivity index (χ0) is 16.5. The fraction of sp³-hybridized carbons (Fsp3) is 0.333. The standard InChI is InChI=1S/C18H20N4OS/c1-21-7-9-22(10-8-21)11-15-19-17(23)16-14(12-24-18(16)20-15)13-5-3-2-4-6-13/h2-6,12H,7-11H2,1H3,(H,19,20,23)/p+2. The van der Waals surface area contributed by atoms with Crippen LogP contribution in [0.15, 0.2) is 40.5 Å². The van der Waals surface area contributed by atoms with Crippen molar-refractivity contribution in [2.75, 3.05) is 33.2 Å². The van der Waals surface area contributed by atoms with Gasteiger partial charge in [-0.1, -0.05) is 30.3 Å². The molecule has 4 rings (SSSR count). The zero-order valence-corrected chi connectivity index (χ0v) is 14.6. The summed E-state index contributed by atoms with van der Waals surface area (Å²) < 4.78 is 0. The Morgan fingerprint density at radius 1 is 1.17 bits per heavy atom. The van der Waals surface area contributed by atoms with Crippen LogP contribution in [0, 0.1) is 0 Å². The Morgan fingerprint density at radius 2 is 1.92 bits per heavy atom. The maximum Gasteiger partial charge on any atom is 0.260 e. The Labute approximate surface area is 144 Å². The molecule has 0 bridgehead atoms. The number of nitrogens with zero attached hydrogens (tertiary/aromatic N) is 1. The first-order valence-corrected chi connectivity index (χ1v) is 9.29. The van der Waals surface area contributed by atoms with Crippen molar-refractivity contribution in [3.05, 3.63) is 51.9 Å². The molecule has 0 saturated carbocycles. The van der Waals surface area contributed by atoms with Gasteiger partial charge in [-0.05, 0) is 5.56 Å². The van der Waals surface area contributed by atoms with Crippen LogP contribution in [0.25, 0.3) is 21.3 Å². The van der Waals surface area contributed by atoms with Crippen molar-refractivity contribution < 1.29 is 9.80 Å². The summed E-state index contributed by atoms with van der Waals surface area (Å²) in [6, 6.07) is 10.0. The molecule has 1 saturated heterocycles. The summed E-state index contributed by atoms with van der Waals surface area (Å²) in [4.78, 5) is 24.3. The number of hydrogen-bond acceptors (Lipinski definition) is 3. The van der Waals surface area contributed by atoms with Crippen molar-refractivity contribution in [3.8, 4) is 11.1 Å². The first-order chi connectivity index (χ1) is 11.7. The summed E-state index contributed by atoms with van der Waals surface area (Å²) in [5.41, 5.74) is 2.03. The maximum absolute atomic E-state index is 12.6. The monoisotopic (exact) mass is 342 g/mol. The lowest BCUT2D eigenvalue weighted by Crippen LogP contribution is -3.26. The fourth-order valence-electron chi connectivity index (χ4n) is 3.35. The molecule has 124 valence electrons. The largest absolute Gasteiger partial charge is 0.328 e. The van der Waals surface area contributed by atoms with E-state index in [4.69, 9.17) is 4.98 Å². The van der Waals surface area contributed by atoms with Crippen LogP contribution in [0.1, 0.15) is 5.82 Å². The van der Waals surface area contributed by atoms with E-state index in [9.17, 15) is 4.79 Å². The number of hydrogen-bond donors (Lipinski definition) is 3. The van der Waals surface area contributed by atoms with Crippen molar-refractivity contribution >= 4 is 21.6 Å². The maximum atomic E-state index is 12.6. The highest BCUT2D eigenvalue weighted by molar-refractivity contribution is 7.17. The molecule has 1 aliphatic rings. The molecule has 0 atom stereocenters. The minimum Gasteiger partial charge on any atom is -0.328 e. The average molecular weight is 342 g/mol. The molecule has 0 radical (unpaired) electrons. The molecule has 3 aromatic rings. The van der Waals surface area contributed by atoms with E-state index in [1.54, 1.807) is 16.2 Å². The molecule has 3 heterocycles. The highest BCUT2D eigenvalue weighted by atomic mass is 32.1. The van der Waals surface area contributed by atoms with E-state index in [1.165, 1.54) is 18.0 Å². The van der Waals surface area contributed by atoms with E-state index < -0.39 is 0 Å². The Hall–Kier alpha value is -2.02. The molecule has 3 N–H and O–H groups in total. The van der Waals surface area contributed by atoms with Crippen LogP contribution < -0.4 is 15.4 Å². The summed E-state index contributed by atoms with van der Waals surface area (Å²) in [6.07, 6.45) is 0. The van der Waals surface area contributed by atoms with E-state index in [2.05, 4.69) is 12.0 Å². The number of thiophene rings is 1. The first kappa shape index (κ1) is 15.5. The van der Waals surface area contributed by atoms with Gasteiger partial charge in [0.15, 0.2) is 5.82 Å². The van der Waals surface area contributed by atoms with Gasteiger partial charge in [0, 0.05) is 10.9 Å². The van der Waals surface area contributed by atoms with Crippen LogP contribution >= 0.6 is 11.3 Å². The normalized spacial score (nSPS) is 21.2. The van der Waals surface area contributed by atoms with E-state index in [-0.39, 0.29) is 5.56 Å². The molecule has 0 aliphatic carbocycles. The number of fused-ring (bicyclic) bond motifs is 1. The van der Waals surface area contributed by atoms with Crippen LogP contribution in [0.5, 0.6) is 0 Å². The molecule has 0 amide bonds. The lowest BCUT2D eigenvalue weighted by molar-refractivity contribution is -1.01. The number of rotatable bonds is 3. The van der Waals surface area contributed by atoms with Gasteiger partial charge >= 0.3 is 0 Å². The number of H-pyrrole nitrogens is 1. The Kier molecular flexibility index (Phi) is 4.18. The topological polar surface area (TPSA) is 54.6 Å². The van der Waals surface area contributed by atoms with Crippen LogP contribution in [0.3, 0.4) is 0 Å². The molecule has 2 aromatic heterocycles. The van der Waals surface area contributed by atoms with Crippen molar-refractivity contribution in [2.45, 2.75) is 6.54 Å². The summed E-state index contributed by atoms with van der Waals surface area (Å²) in [6.45, 7) is 5.43. The predicted octanol–water partition coefficient (Wildman–Crippen LogP) is -0.435. The third-order valence-corrected chi connectivity index (χ3v) is 5.68. The van der Waals surface area contributed by atoms with Gasteiger partial charge < -0.3 is 14.8 Å². The predicted molar refractivity (Wildman–Crippen MR) is 96.7 cm³/mol. The molecule has 5 nitrogen and oxygen atoms in total. The van der Waals surface area contributed by atoms with Gasteiger partial charge in [-0.25, -0.2) is 4.98 Å². The summed E-state index contributed by atoms with van der Waals surface area (Å²) in [7, 11) is 2.24. The molecular formula is C18H22N4OS+2. The fourth-order valence-corrected chi connectivity index (χ4v) is 4.32. The second kappa shape index (κ2) is 6.47. The van der Waals surface area contributed by atoms with Crippen molar-refractivity contribution in [2.24, 2.45) is 0 Å². The zero-order valence-electron chi connectivity index (χ0n) is 13.8. The number of quaternary nitrogens is 2. The summed E-state index contributed by atoms with van der Waals surface area (Å²) in [5, 5.41) is 2.76. The van der Waals surface area contributed by atoms with E-state index in [0.29, 0.717) is 5.39 Å². The summed E-state index contributed by atoms with van der Waals surface area (Å²) >= 11 is 1.56. The number of aromatic nitrogens is 2. The van der Waals surface area contributed by atoms with Crippen LogP contribution in [0.2, 0.25) is 0 Å². The average Bonchev–Trinajstić information content (AvgIpc) is 3.02. The van der Waals surface area contributed by atoms with E-state index in [0.717, 1.165) is 41.4 Å². The molecule has 0 spiro atoms. The third-order valence-electron chi connectivity index (χ3n) is 4.81. The lowest BCUT2D eigenvalue weighted by atomic mass is 10.1. The van der Waals surface area contributed by atoms with Crippen LogP contribution in [-0.4, -0.2) is 43.2 Å². The van der Waals surface area contributed by atoms with E-state index >= 15 is 0 Å². The van der Waals surface area contributed by atoms with Crippen molar-refractivity contribution in [1.82, 2.24) is 9.97 Å². The third kappa shape index (κ3) is 3.00. The summed E-state index contributed by atoms with van der Waals surface area (Å²) in [5.74, 6) is 0.809. The second-order valence-electron chi connectivity index (χ2n) is 6.59. The molecular weight excluding hydrogens is 320 g/mol. The van der Waals surface area contributed by atoms with Gasteiger partial charge in [-0.15, -0.1) is 11.3 Å². The van der Waals surface area contributed by atoms with Gasteiger partial charge in [0.25, 0.3) is 5.56 Å². The number of piperazine rings is 1. The molecule has 1 fully saturated rings. The minimum absolute atomic E-state index is 0.0192. The number of benzene rings is 1. The van der Waals surface area contributed by atoms with Crippen molar-refractivity contribution in [1.29, 1.82) is 0 Å². The molecule has 24 heavy (non-hydrogen) atoms. The quantitative estimate of drug-likeness (QED) is 0.605. The Balaban J connectivity index is 1.65. The van der Waals surface area contributed by atoms with Crippen molar-refractivity contribution in [3.63, 3.8) is 0 Å². The molecule has 0 unspecified atom stereocenters. The SMILES string of the molecule is C[NH+]1CC[NH+](Cc2nc3scc(-c4ccccc4)c3c(=O)[nH]2)CC1. The molecule has 6 heteroatoms. The van der Waals surface area contributed by atoms with Gasteiger partial charge in [0.05, 0.1) is 12.4 Å². The Morgan fingerprint density at radius 3 is 2.67 bits per heavy atom. The second-order valence-corrected chi connectivity index (χ2v) is 7.45. The lowest BCUT2D eigenvalue weighted by Gasteiger charge is -2.26. The Bertz CT molecular complexity index is 894. The van der Waals surface area contributed by atoms with Crippen LogP contribution in [-0.2, 0) is 6.54 Å². The molecule has 1 aliphatic heterocycles. The van der Waals surface area contributed by atoms with E-state index in [1.807, 2.05) is 35.7 Å². The van der Waals surface area contributed by atoms with Gasteiger partial charge in [0.1, 0.15) is 37.6 Å². The molecule has 1 aromatic carbocycles. The number of nitrogens with one attached hydrogen (secondary N) is 3. The number of aromatic amines is 1. The number of likely N-dealkylation sites (N-methyl/N-ethyl adjacent to an activating group) is 1. The van der Waals surface area contributed by atoms with Crippen LogP contribution in [0.4, 0.5) is 0 Å². The smallest absolute Gasteiger partial charge is 0.260 e.